The lowest BCUT2D eigenvalue weighted by molar-refractivity contribution is 0.0366. The third kappa shape index (κ3) is 3.56. The van der Waals surface area contributed by atoms with Gasteiger partial charge in [0.1, 0.15) is 0 Å². The summed E-state index contributed by atoms with van der Waals surface area (Å²) in [6, 6.07) is 5.48. The molecule has 1 aromatic carbocycles. The molecule has 0 saturated carbocycles. The molecule has 0 aliphatic carbocycles. The molecule has 1 aromatic rings. The van der Waals surface area contributed by atoms with Crippen molar-refractivity contribution in [1.29, 1.82) is 0 Å². The molecule has 0 fully saturated rings. The summed E-state index contributed by atoms with van der Waals surface area (Å²) in [6.07, 6.45) is -0.0108. The number of para-hydroxylation sites is 1. The number of hydrogen-bond acceptors (Lipinski definition) is 4. The van der Waals surface area contributed by atoms with E-state index in [-0.39, 0.29) is 6.10 Å². The van der Waals surface area contributed by atoms with Crippen molar-refractivity contribution < 1.29 is 9.47 Å². The van der Waals surface area contributed by atoms with Crippen LogP contribution in [-0.2, 0) is 9.47 Å². The SMILES string of the molecule is COCC(CNc1cccc(Cl)c1N)OC. The largest absolute Gasteiger partial charge is 0.396 e. The van der Waals surface area contributed by atoms with Gasteiger partial charge < -0.3 is 20.5 Å². The summed E-state index contributed by atoms with van der Waals surface area (Å²) in [7, 11) is 3.28. The number of methoxy groups -OCH3 is 2. The molecule has 1 rings (SSSR count). The molecule has 3 N–H and O–H groups in total. The highest BCUT2D eigenvalue weighted by Crippen LogP contribution is 2.26. The number of nitrogens with one attached hydrogen (secondary N) is 1. The van der Waals surface area contributed by atoms with Crippen LogP contribution in [0.5, 0.6) is 0 Å². The van der Waals surface area contributed by atoms with Gasteiger partial charge >= 0.3 is 0 Å². The van der Waals surface area contributed by atoms with Crippen LogP contribution in [-0.4, -0.2) is 33.5 Å². The Balaban J connectivity index is 2.56. The molecule has 4 nitrogen and oxygen atoms in total. The number of rotatable bonds is 6. The van der Waals surface area contributed by atoms with Gasteiger partial charge in [-0.2, -0.15) is 0 Å². The van der Waals surface area contributed by atoms with E-state index in [1.807, 2.05) is 12.1 Å². The average molecular weight is 245 g/mol. The average Bonchev–Trinajstić information content (AvgIpc) is 2.29. The van der Waals surface area contributed by atoms with Gasteiger partial charge in [-0.3, -0.25) is 0 Å². The van der Waals surface area contributed by atoms with Crippen molar-refractivity contribution in [3.8, 4) is 0 Å². The fourth-order valence-electron chi connectivity index (χ4n) is 1.31. The van der Waals surface area contributed by atoms with Gasteiger partial charge in [0.05, 0.1) is 29.1 Å². The van der Waals surface area contributed by atoms with E-state index in [1.54, 1.807) is 20.3 Å². The highest BCUT2D eigenvalue weighted by molar-refractivity contribution is 6.33. The number of benzene rings is 1. The Labute approximate surface area is 101 Å². The molecule has 90 valence electrons. The number of nitrogens with two attached hydrogens (primary N) is 1. The molecule has 0 heterocycles. The van der Waals surface area contributed by atoms with Crippen molar-refractivity contribution in [2.45, 2.75) is 6.10 Å². The van der Waals surface area contributed by atoms with Crippen LogP contribution in [0.2, 0.25) is 5.02 Å². The van der Waals surface area contributed by atoms with Crippen LogP contribution in [0.3, 0.4) is 0 Å². The maximum Gasteiger partial charge on any atom is 0.0976 e. The number of nitrogen functional groups attached to an aromatic ring is 1. The maximum absolute atomic E-state index is 5.90. The normalized spacial score (nSPS) is 12.4. The molecule has 0 bridgehead atoms. The molecule has 0 aliphatic heterocycles. The van der Waals surface area contributed by atoms with Crippen LogP contribution in [0.4, 0.5) is 11.4 Å². The van der Waals surface area contributed by atoms with Crippen molar-refractivity contribution in [2.75, 3.05) is 38.4 Å². The van der Waals surface area contributed by atoms with Crippen LogP contribution in [0.1, 0.15) is 0 Å². The molecule has 16 heavy (non-hydrogen) atoms. The van der Waals surface area contributed by atoms with Gasteiger partial charge in [0.25, 0.3) is 0 Å². The van der Waals surface area contributed by atoms with Gasteiger partial charge in [-0.1, -0.05) is 17.7 Å². The Morgan fingerprint density at radius 1 is 1.44 bits per heavy atom. The van der Waals surface area contributed by atoms with Crippen molar-refractivity contribution in [2.24, 2.45) is 0 Å². The molecule has 0 aromatic heterocycles. The molecular formula is C11H17ClN2O2. The molecule has 0 radical (unpaired) electrons. The zero-order valence-electron chi connectivity index (χ0n) is 9.50. The molecule has 1 unspecified atom stereocenters. The second-order valence-corrected chi connectivity index (χ2v) is 3.80. The third-order valence-electron chi connectivity index (χ3n) is 2.26. The zero-order chi connectivity index (χ0) is 12.0. The standard InChI is InChI=1S/C11H17ClN2O2/c1-15-7-8(16-2)6-14-10-5-3-4-9(12)11(10)13/h3-5,8,14H,6-7,13H2,1-2H3. The van der Waals surface area contributed by atoms with Crippen molar-refractivity contribution in [1.82, 2.24) is 0 Å². The summed E-state index contributed by atoms with van der Waals surface area (Å²) in [6.45, 7) is 1.15. The highest BCUT2D eigenvalue weighted by atomic mass is 35.5. The fraction of sp³-hybridized carbons (Fsp3) is 0.455. The minimum Gasteiger partial charge on any atom is -0.396 e. The van der Waals surface area contributed by atoms with Crippen LogP contribution in [0.25, 0.3) is 0 Å². The molecular weight excluding hydrogens is 228 g/mol. The topological polar surface area (TPSA) is 56.5 Å². The third-order valence-corrected chi connectivity index (χ3v) is 2.59. The summed E-state index contributed by atoms with van der Waals surface area (Å²) >= 11 is 5.90. The monoisotopic (exact) mass is 244 g/mol. The lowest BCUT2D eigenvalue weighted by Gasteiger charge is -2.17. The summed E-state index contributed by atoms with van der Waals surface area (Å²) < 4.78 is 10.2. The minimum absolute atomic E-state index is 0.0108. The first-order valence-electron chi connectivity index (χ1n) is 4.98. The van der Waals surface area contributed by atoms with Gasteiger partial charge in [-0.25, -0.2) is 0 Å². The van der Waals surface area contributed by atoms with Crippen molar-refractivity contribution in [3.05, 3.63) is 23.2 Å². The number of ether oxygens (including phenoxy) is 2. The zero-order valence-corrected chi connectivity index (χ0v) is 10.3. The second-order valence-electron chi connectivity index (χ2n) is 3.40. The molecule has 0 spiro atoms. The van der Waals surface area contributed by atoms with E-state index in [0.29, 0.717) is 23.9 Å². The van der Waals surface area contributed by atoms with E-state index < -0.39 is 0 Å². The van der Waals surface area contributed by atoms with Crippen molar-refractivity contribution >= 4 is 23.0 Å². The van der Waals surface area contributed by atoms with E-state index in [1.165, 1.54) is 0 Å². The number of halogens is 1. The lowest BCUT2D eigenvalue weighted by Crippen LogP contribution is -2.26. The first kappa shape index (κ1) is 13.1. The van der Waals surface area contributed by atoms with Crippen LogP contribution < -0.4 is 11.1 Å². The van der Waals surface area contributed by atoms with Gasteiger partial charge in [0, 0.05) is 20.8 Å². The summed E-state index contributed by atoms with van der Waals surface area (Å²) in [4.78, 5) is 0. The van der Waals surface area contributed by atoms with E-state index in [2.05, 4.69) is 5.32 Å². The molecule has 5 heteroatoms. The number of anilines is 2. The second kappa shape index (κ2) is 6.58. The summed E-state index contributed by atoms with van der Waals surface area (Å²) in [5.41, 5.74) is 7.18. The highest BCUT2D eigenvalue weighted by Gasteiger charge is 2.08. The quantitative estimate of drug-likeness (QED) is 0.752. The van der Waals surface area contributed by atoms with E-state index in [0.717, 1.165) is 5.69 Å². The van der Waals surface area contributed by atoms with Crippen LogP contribution in [0, 0.1) is 0 Å². The minimum atomic E-state index is -0.0108. The van der Waals surface area contributed by atoms with Gasteiger partial charge in [-0.05, 0) is 12.1 Å². The van der Waals surface area contributed by atoms with Crippen LogP contribution >= 0.6 is 11.6 Å². The smallest absolute Gasteiger partial charge is 0.0976 e. The Morgan fingerprint density at radius 2 is 2.19 bits per heavy atom. The van der Waals surface area contributed by atoms with Crippen molar-refractivity contribution in [3.63, 3.8) is 0 Å². The molecule has 0 aliphatic rings. The predicted molar refractivity (Wildman–Crippen MR) is 67.0 cm³/mol. The van der Waals surface area contributed by atoms with Gasteiger partial charge in [0.15, 0.2) is 0 Å². The Kier molecular flexibility index (Phi) is 5.38. The molecule has 0 saturated heterocycles. The Bertz CT molecular complexity index is 334. The number of hydrogen-bond donors (Lipinski definition) is 2. The first-order valence-corrected chi connectivity index (χ1v) is 5.36. The Hall–Kier alpha value is -0.970. The summed E-state index contributed by atoms with van der Waals surface area (Å²) in [5, 5.41) is 3.72. The predicted octanol–water partition coefficient (Wildman–Crippen LogP) is 2.00. The molecule has 1 atom stereocenters. The fourth-order valence-corrected chi connectivity index (χ4v) is 1.49. The molecule has 0 amide bonds. The van der Waals surface area contributed by atoms with Gasteiger partial charge in [0.2, 0.25) is 0 Å². The van der Waals surface area contributed by atoms with Crippen LogP contribution in [0.15, 0.2) is 18.2 Å². The van der Waals surface area contributed by atoms with E-state index in [9.17, 15) is 0 Å². The van der Waals surface area contributed by atoms with E-state index in [4.69, 9.17) is 26.8 Å². The Morgan fingerprint density at radius 3 is 2.81 bits per heavy atom. The lowest BCUT2D eigenvalue weighted by atomic mass is 10.2. The summed E-state index contributed by atoms with van der Waals surface area (Å²) in [5.74, 6) is 0. The first-order chi connectivity index (χ1) is 7.69. The van der Waals surface area contributed by atoms with E-state index >= 15 is 0 Å². The van der Waals surface area contributed by atoms with Gasteiger partial charge in [-0.15, -0.1) is 0 Å². The maximum atomic E-state index is 5.90.